The highest BCUT2D eigenvalue weighted by Crippen LogP contribution is 2.19. The summed E-state index contributed by atoms with van der Waals surface area (Å²) < 4.78 is 10.3. The van der Waals surface area contributed by atoms with Crippen molar-refractivity contribution in [3.8, 4) is 0 Å². The normalized spacial score (nSPS) is 14.4. The van der Waals surface area contributed by atoms with Crippen LogP contribution in [0.15, 0.2) is 47.9 Å². The van der Waals surface area contributed by atoms with Gasteiger partial charge in [-0.05, 0) is 41.8 Å². The Morgan fingerprint density at radius 2 is 1.96 bits per heavy atom. The van der Waals surface area contributed by atoms with Crippen LogP contribution in [-0.4, -0.2) is 44.8 Å². The van der Waals surface area contributed by atoms with Gasteiger partial charge in [-0.3, -0.25) is 4.79 Å². The van der Waals surface area contributed by atoms with Crippen LogP contribution in [0.3, 0.4) is 0 Å². The van der Waals surface area contributed by atoms with Gasteiger partial charge in [-0.25, -0.2) is 4.79 Å². The lowest BCUT2D eigenvalue weighted by Gasteiger charge is -2.28. The molecule has 2 heterocycles. The van der Waals surface area contributed by atoms with Crippen molar-refractivity contribution in [3.05, 3.63) is 52.7 Å². The smallest absolute Gasteiger partial charge is 0.331 e. The van der Waals surface area contributed by atoms with Gasteiger partial charge in [0.15, 0.2) is 6.61 Å². The molecular weight excluding hydrogens is 352 g/mol. The summed E-state index contributed by atoms with van der Waals surface area (Å²) in [5.74, 6) is -0.918. The lowest BCUT2D eigenvalue weighted by atomic mass is 10.2. The predicted molar refractivity (Wildman–Crippen MR) is 102 cm³/mol. The van der Waals surface area contributed by atoms with Gasteiger partial charge in [-0.2, -0.15) is 0 Å². The molecule has 26 heavy (non-hydrogen) atoms. The number of thiophene rings is 1. The van der Waals surface area contributed by atoms with Crippen molar-refractivity contribution in [2.24, 2.45) is 0 Å². The third kappa shape index (κ3) is 5.44. The summed E-state index contributed by atoms with van der Waals surface area (Å²) in [5.41, 5.74) is 1.76. The monoisotopic (exact) mass is 372 g/mol. The number of esters is 1. The van der Waals surface area contributed by atoms with Gasteiger partial charge in [0.1, 0.15) is 0 Å². The number of hydrogen-bond acceptors (Lipinski definition) is 6. The summed E-state index contributed by atoms with van der Waals surface area (Å²) in [6.07, 6.45) is 2.98. The minimum atomic E-state index is -0.545. The Morgan fingerprint density at radius 3 is 2.65 bits per heavy atom. The van der Waals surface area contributed by atoms with Crippen LogP contribution in [0.4, 0.5) is 11.4 Å². The predicted octanol–water partition coefficient (Wildman–Crippen LogP) is 2.78. The molecule has 0 aliphatic carbocycles. The molecule has 1 aromatic carbocycles. The number of anilines is 2. The second kappa shape index (κ2) is 9.17. The van der Waals surface area contributed by atoms with Gasteiger partial charge >= 0.3 is 5.97 Å². The van der Waals surface area contributed by atoms with Gasteiger partial charge in [-0.15, -0.1) is 11.3 Å². The Morgan fingerprint density at radius 1 is 1.19 bits per heavy atom. The van der Waals surface area contributed by atoms with Crippen LogP contribution in [-0.2, 0) is 19.1 Å². The maximum absolute atomic E-state index is 11.9. The molecule has 1 aliphatic heterocycles. The molecule has 1 fully saturated rings. The first kappa shape index (κ1) is 18.2. The Labute approximate surface area is 156 Å². The van der Waals surface area contributed by atoms with Crippen molar-refractivity contribution in [2.45, 2.75) is 0 Å². The molecule has 0 saturated carbocycles. The average Bonchev–Trinajstić information content (AvgIpc) is 3.20. The maximum Gasteiger partial charge on any atom is 0.331 e. The highest BCUT2D eigenvalue weighted by molar-refractivity contribution is 7.10. The van der Waals surface area contributed by atoms with Crippen molar-refractivity contribution in [1.29, 1.82) is 0 Å². The van der Waals surface area contributed by atoms with Crippen molar-refractivity contribution in [1.82, 2.24) is 0 Å². The van der Waals surface area contributed by atoms with E-state index in [2.05, 4.69) is 10.2 Å². The quantitative estimate of drug-likeness (QED) is 0.624. The number of carbonyl (C=O) groups is 2. The zero-order valence-corrected chi connectivity index (χ0v) is 15.0. The number of ether oxygens (including phenoxy) is 2. The molecule has 1 aromatic heterocycles. The minimum absolute atomic E-state index is 0.321. The van der Waals surface area contributed by atoms with E-state index in [4.69, 9.17) is 9.47 Å². The first-order valence-corrected chi connectivity index (χ1v) is 9.19. The molecule has 0 bridgehead atoms. The van der Waals surface area contributed by atoms with E-state index in [0.29, 0.717) is 5.69 Å². The molecule has 1 aliphatic rings. The second-order valence-electron chi connectivity index (χ2n) is 5.65. The largest absolute Gasteiger partial charge is 0.452 e. The van der Waals surface area contributed by atoms with E-state index in [1.807, 2.05) is 41.8 Å². The Bertz CT molecular complexity index is 750. The summed E-state index contributed by atoms with van der Waals surface area (Å²) in [5, 5.41) is 4.64. The van der Waals surface area contributed by atoms with Crippen LogP contribution in [0.25, 0.3) is 6.08 Å². The average molecular weight is 372 g/mol. The fraction of sp³-hybridized carbons (Fsp3) is 0.263. The van der Waals surface area contributed by atoms with Crippen LogP contribution < -0.4 is 10.2 Å². The van der Waals surface area contributed by atoms with E-state index in [1.54, 1.807) is 6.08 Å². The lowest BCUT2D eigenvalue weighted by Crippen LogP contribution is -2.36. The molecule has 1 saturated heterocycles. The number of rotatable bonds is 6. The number of morpholine rings is 1. The number of hydrogen-bond donors (Lipinski definition) is 1. The Hall–Kier alpha value is -2.64. The third-order valence-electron chi connectivity index (χ3n) is 3.80. The molecule has 2 aromatic rings. The maximum atomic E-state index is 11.9. The first-order valence-electron chi connectivity index (χ1n) is 8.32. The topological polar surface area (TPSA) is 67.9 Å². The van der Waals surface area contributed by atoms with Crippen molar-refractivity contribution < 1.29 is 19.1 Å². The second-order valence-corrected chi connectivity index (χ2v) is 6.63. The molecule has 0 spiro atoms. The molecule has 3 rings (SSSR count). The van der Waals surface area contributed by atoms with Crippen LogP contribution in [0, 0.1) is 0 Å². The van der Waals surface area contributed by atoms with Gasteiger partial charge in [0.2, 0.25) is 0 Å². The molecule has 1 amide bonds. The number of carbonyl (C=O) groups excluding carboxylic acids is 2. The van der Waals surface area contributed by atoms with E-state index in [0.717, 1.165) is 36.9 Å². The van der Waals surface area contributed by atoms with E-state index in [9.17, 15) is 9.59 Å². The van der Waals surface area contributed by atoms with Gasteiger partial charge in [-0.1, -0.05) is 6.07 Å². The van der Waals surface area contributed by atoms with Crippen molar-refractivity contribution in [2.75, 3.05) is 43.1 Å². The molecule has 0 unspecified atom stereocenters. The number of nitrogens with zero attached hydrogens (tertiary/aromatic N) is 1. The zero-order chi connectivity index (χ0) is 18.2. The van der Waals surface area contributed by atoms with E-state index in [1.165, 1.54) is 17.4 Å². The van der Waals surface area contributed by atoms with E-state index < -0.39 is 5.97 Å². The van der Waals surface area contributed by atoms with Gasteiger partial charge < -0.3 is 19.7 Å². The first-order chi connectivity index (χ1) is 12.7. The minimum Gasteiger partial charge on any atom is -0.452 e. The van der Waals surface area contributed by atoms with Crippen LogP contribution in [0.2, 0.25) is 0 Å². The van der Waals surface area contributed by atoms with Gasteiger partial charge in [0.05, 0.1) is 13.2 Å². The summed E-state index contributed by atoms with van der Waals surface area (Å²) in [6.45, 7) is 2.86. The SMILES string of the molecule is O=C(COC(=O)/C=C/c1cccs1)Nc1ccc(N2CCOCC2)cc1. The van der Waals surface area contributed by atoms with E-state index >= 15 is 0 Å². The fourth-order valence-electron chi connectivity index (χ4n) is 2.50. The Balaban J connectivity index is 1.43. The number of amides is 1. The third-order valence-corrected chi connectivity index (χ3v) is 4.64. The molecule has 0 atom stereocenters. The highest BCUT2D eigenvalue weighted by Gasteiger charge is 2.11. The zero-order valence-electron chi connectivity index (χ0n) is 14.2. The summed E-state index contributed by atoms with van der Waals surface area (Å²) in [7, 11) is 0. The fourth-order valence-corrected chi connectivity index (χ4v) is 3.11. The number of benzene rings is 1. The van der Waals surface area contributed by atoms with Crippen LogP contribution >= 0.6 is 11.3 Å². The Kier molecular flexibility index (Phi) is 6.40. The lowest BCUT2D eigenvalue weighted by molar-refractivity contribution is -0.142. The van der Waals surface area contributed by atoms with Crippen LogP contribution in [0.1, 0.15) is 4.88 Å². The van der Waals surface area contributed by atoms with Gasteiger partial charge in [0.25, 0.3) is 5.91 Å². The standard InChI is InChI=1S/C19H20N2O4S/c22-18(14-25-19(23)8-7-17-2-1-13-26-17)20-15-3-5-16(6-4-15)21-9-11-24-12-10-21/h1-8,13H,9-12,14H2,(H,20,22)/b8-7+. The van der Waals surface area contributed by atoms with Crippen molar-refractivity contribution >= 4 is 40.7 Å². The summed E-state index contributed by atoms with van der Waals surface area (Å²) >= 11 is 1.52. The van der Waals surface area contributed by atoms with Crippen molar-refractivity contribution in [3.63, 3.8) is 0 Å². The van der Waals surface area contributed by atoms with E-state index in [-0.39, 0.29) is 12.5 Å². The summed E-state index contributed by atoms with van der Waals surface area (Å²) in [4.78, 5) is 26.7. The van der Waals surface area contributed by atoms with Crippen LogP contribution in [0.5, 0.6) is 0 Å². The molecule has 6 nitrogen and oxygen atoms in total. The molecular formula is C19H20N2O4S. The highest BCUT2D eigenvalue weighted by atomic mass is 32.1. The molecule has 0 radical (unpaired) electrons. The molecule has 1 N–H and O–H groups in total. The summed E-state index contributed by atoms with van der Waals surface area (Å²) in [6, 6.07) is 11.4. The molecule has 136 valence electrons. The number of nitrogens with one attached hydrogen (secondary N) is 1. The molecule has 7 heteroatoms. The van der Waals surface area contributed by atoms with Gasteiger partial charge in [0, 0.05) is 35.4 Å².